The third-order valence-electron chi connectivity index (χ3n) is 9.91. The Kier molecular flexibility index (Phi) is 17.3. The summed E-state index contributed by atoms with van der Waals surface area (Å²) >= 11 is 13.4. The van der Waals surface area contributed by atoms with Crippen LogP contribution in [0.5, 0.6) is 23.0 Å². The van der Waals surface area contributed by atoms with E-state index < -0.39 is 30.6 Å². The molecule has 4 aromatic carbocycles. The Labute approximate surface area is 369 Å². The van der Waals surface area contributed by atoms with Gasteiger partial charge in [-0.05, 0) is 71.5 Å². The highest BCUT2D eigenvalue weighted by atomic mass is 35.5. The summed E-state index contributed by atoms with van der Waals surface area (Å²) in [5.41, 5.74) is 8.02. The molecule has 1 aromatic heterocycles. The molecule has 5 rings (SSSR count). The van der Waals surface area contributed by atoms with E-state index in [1.54, 1.807) is 42.5 Å². The molecule has 0 aliphatic rings. The van der Waals surface area contributed by atoms with Crippen LogP contribution in [-0.2, 0) is 42.5 Å². The van der Waals surface area contributed by atoms with Crippen molar-refractivity contribution >= 4 is 35.1 Å². The Bertz CT molecular complexity index is 2410. The zero-order chi connectivity index (χ0) is 44.8. The van der Waals surface area contributed by atoms with E-state index in [-0.39, 0.29) is 51.6 Å². The summed E-state index contributed by atoms with van der Waals surface area (Å²) in [5.74, 6) is -0.453. The van der Waals surface area contributed by atoms with E-state index in [0.29, 0.717) is 50.8 Å². The fourth-order valence-electron chi connectivity index (χ4n) is 6.62. The van der Waals surface area contributed by atoms with E-state index in [4.69, 9.17) is 52.4 Å². The third-order valence-corrected chi connectivity index (χ3v) is 10.5. The summed E-state index contributed by atoms with van der Waals surface area (Å²) in [7, 11) is 1.53. The van der Waals surface area contributed by atoms with Gasteiger partial charge >= 0.3 is 11.9 Å². The van der Waals surface area contributed by atoms with E-state index in [1.807, 2.05) is 56.3 Å². The number of methoxy groups -OCH3 is 1. The van der Waals surface area contributed by atoms with Gasteiger partial charge in [-0.1, -0.05) is 65.7 Å². The van der Waals surface area contributed by atoms with Gasteiger partial charge in [-0.25, -0.2) is 4.98 Å². The molecule has 0 fully saturated rings. The van der Waals surface area contributed by atoms with Crippen molar-refractivity contribution in [1.82, 2.24) is 15.6 Å². The van der Waals surface area contributed by atoms with E-state index in [1.165, 1.54) is 7.11 Å². The van der Waals surface area contributed by atoms with Crippen LogP contribution < -0.4 is 29.6 Å². The number of nitriles is 1. The quantitative estimate of drug-likeness (QED) is 0.0385. The SMILES string of the molecule is COc1cc(OCc2cccc(-c3cccc(COc4cc(OCc5cccc(C#N)n5)c(CNC[C@@H](O)CC(=O)O)cc4Cl)c3C)c2C)c(Cl)cc1CNC[C@@H](O)CC(=O)O. The van der Waals surface area contributed by atoms with Crippen molar-refractivity contribution < 1.29 is 49.0 Å². The number of carboxylic acid groups (broad SMARTS) is 2. The predicted octanol–water partition coefficient (Wildman–Crippen LogP) is 7.14. The number of carbonyl (C=O) groups is 2. The Morgan fingerprint density at radius 1 is 0.677 bits per heavy atom. The molecule has 0 spiro atoms. The van der Waals surface area contributed by atoms with Gasteiger partial charge in [0.1, 0.15) is 54.6 Å². The van der Waals surface area contributed by atoms with Gasteiger partial charge in [0, 0.05) is 49.4 Å². The largest absolute Gasteiger partial charge is 0.496 e. The van der Waals surface area contributed by atoms with E-state index in [2.05, 4.69) is 15.6 Å². The number of rotatable bonds is 23. The van der Waals surface area contributed by atoms with Crippen molar-refractivity contribution in [3.8, 4) is 40.2 Å². The number of aliphatic hydroxyl groups excluding tert-OH is 2. The first-order valence-electron chi connectivity index (χ1n) is 19.6. The number of nitrogens with one attached hydrogen (secondary N) is 2. The van der Waals surface area contributed by atoms with Crippen molar-refractivity contribution in [1.29, 1.82) is 5.26 Å². The molecule has 0 bridgehead atoms. The Morgan fingerprint density at radius 2 is 1.15 bits per heavy atom. The molecule has 0 unspecified atom stereocenters. The number of carboxylic acids is 2. The average molecular weight is 888 g/mol. The van der Waals surface area contributed by atoms with Crippen molar-refractivity contribution in [2.45, 2.75) is 71.8 Å². The van der Waals surface area contributed by atoms with Crippen LogP contribution in [0, 0.1) is 25.2 Å². The number of halogens is 2. The molecule has 0 saturated carbocycles. The number of aliphatic carboxylic acids is 2. The van der Waals surface area contributed by atoms with Gasteiger partial charge in [-0.15, -0.1) is 0 Å². The van der Waals surface area contributed by atoms with Gasteiger partial charge in [0.05, 0.1) is 47.9 Å². The molecule has 0 amide bonds. The molecule has 326 valence electrons. The number of hydrogen-bond acceptors (Lipinski definition) is 12. The topological polar surface area (TPSA) is 213 Å². The van der Waals surface area contributed by atoms with Crippen LogP contribution in [0.2, 0.25) is 10.0 Å². The number of aromatic nitrogens is 1. The number of ether oxygens (including phenoxy) is 4. The first kappa shape index (κ1) is 47.1. The molecule has 16 heteroatoms. The van der Waals surface area contributed by atoms with E-state index >= 15 is 0 Å². The summed E-state index contributed by atoms with van der Waals surface area (Å²) in [6.45, 7) is 5.12. The van der Waals surface area contributed by atoms with E-state index in [9.17, 15) is 25.1 Å². The summed E-state index contributed by atoms with van der Waals surface area (Å²) in [6.07, 6.45) is -2.88. The summed E-state index contributed by atoms with van der Waals surface area (Å²) < 4.78 is 24.3. The number of nitrogens with zero attached hydrogens (tertiary/aromatic N) is 2. The first-order valence-corrected chi connectivity index (χ1v) is 20.3. The lowest BCUT2D eigenvalue weighted by Crippen LogP contribution is -2.28. The highest BCUT2D eigenvalue weighted by molar-refractivity contribution is 6.32. The lowest BCUT2D eigenvalue weighted by Gasteiger charge is -2.19. The number of pyridine rings is 1. The zero-order valence-corrected chi connectivity index (χ0v) is 35.9. The monoisotopic (exact) mass is 886 g/mol. The van der Waals surface area contributed by atoms with Gasteiger partial charge in [-0.3, -0.25) is 9.59 Å². The van der Waals surface area contributed by atoms with Gasteiger partial charge < -0.3 is 50.0 Å². The zero-order valence-electron chi connectivity index (χ0n) is 34.4. The maximum absolute atomic E-state index is 11.0. The molecule has 5 aromatic rings. The normalized spacial score (nSPS) is 12.0. The molecule has 6 N–H and O–H groups in total. The molecule has 14 nitrogen and oxygen atoms in total. The summed E-state index contributed by atoms with van der Waals surface area (Å²) in [5, 5.41) is 53.9. The Hall–Kier alpha value is -5.92. The minimum absolute atomic E-state index is 0.0301. The maximum Gasteiger partial charge on any atom is 0.306 e. The molecule has 2 atom stereocenters. The smallest absolute Gasteiger partial charge is 0.306 e. The molecule has 0 aliphatic heterocycles. The first-order chi connectivity index (χ1) is 29.8. The van der Waals surface area contributed by atoms with Crippen molar-refractivity contribution in [2.75, 3.05) is 20.2 Å². The van der Waals surface area contributed by atoms with Crippen LogP contribution >= 0.6 is 23.2 Å². The van der Waals surface area contributed by atoms with Crippen molar-refractivity contribution in [3.63, 3.8) is 0 Å². The van der Waals surface area contributed by atoms with Crippen LogP contribution in [0.4, 0.5) is 0 Å². The van der Waals surface area contributed by atoms with Crippen molar-refractivity contribution in [3.05, 3.63) is 134 Å². The molecule has 1 heterocycles. The predicted molar refractivity (Wildman–Crippen MR) is 233 cm³/mol. The standard InChI is InChI=1S/C46H48Cl2N4O10/c1-27-29(24-60-43-17-41(59-3)31(13-39(43)47)20-50-22-35(53)15-45(55)56)7-4-11-37(27)38-12-5-8-30(28(38)2)25-61-44-18-42(62-26-34-10-6-9-33(19-49)52-34)32(14-40(44)48)21-51-23-36(54)16-46(57)58/h4-14,17-18,35-36,50-51,53-54H,15-16,20-26H2,1-3H3,(H,55,56)(H,57,58)/t35-,36-/m0/s1. The van der Waals surface area contributed by atoms with Crippen LogP contribution in [0.1, 0.15) is 57.6 Å². The van der Waals surface area contributed by atoms with E-state index in [0.717, 1.165) is 38.9 Å². The lowest BCUT2D eigenvalue weighted by atomic mass is 9.92. The fraction of sp³-hybridized carbons (Fsp3) is 0.304. The molecular weight excluding hydrogens is 839 g/mol. The highest BCUT2D eigenvalue weighted by Gasteiger charge is 2.18. The van der Waals surface area contributed by atoms with Crippen LogP contribution in [0.25, 0.3) is 11.1 Å². The highest BCUT2D eigenvalue weighted by Crippen LogP contribution is 2.37. The second-order valence-electron chi connectivity index (χ2n) is 14.4. The van der Waals surface area contributed by atoms with Gasteiger partial charge in [0.25, 0.3) is 0 Å². The molecule has 62 heavy (non-hydrogen) atoms. The van der Waals surface area contributed by atoms with Gasteiger partial charge in [0.15, 0.2) is 0 Å². The van der Waals surface area contributed by atoms with Crippen LogP contribution in [-0.4, -0.2) is 69.8 Å². The second-order valence-corrected chi connectivity index (χ2v) is 15.2. The lowest BCUT2D eigenvalue weighted by molar-refractivity contribution is -0.140. The molecule has 0 aliphatic carbocycles. The third kappa shape index (κ3) is 13.3. The number of hydrogen-bond donors (Lipinski definition) is 6. The minimum Gasteiger partial charge on any atom is -0.496 e. The second kappa shape index (κ2) is 22.8. The van der Waals surface area contributed by atoms with Crippen LogP contribution in [0.3, 0.4) is 0 Å². The summed E-state index contributed by atoms with van der Waals surface area (Å²) in [6, 6.07) is 25.9. The Morgan fingerprint density at radius 3 is 1.63 bits per heavy atom. The average Bonchev–Trinajstić information content (AvgIpc) is 3.23. The molecule has 0 radical (unpaired) electrons. The van der Waals surface area contributed by atoms with Crippen LogP contribution in [0.15, 0.2) is 78.9 Å². The van der Waals surface area contributed by atoms with Crippen molar-refractivity contribution in [2.24, 2.45) is 0 Å². The fourth-order valence-corrected chi connectivity index (χ4v) is 7.10. The number of benzene rings is 4. The molecule has 0 saturated heterocycles. The Balaban J connectivity index is 1.30. The van der Waals surface area contributed by atoms with Gasteiger partial charge in [-0.2, -0.15) is 5.26 Å². The van der Waals surface area contributed by atoms with Gasteiger partial charge in [0.2, 0.25) is 0 Å². The number of aliphatic hydroxyl groups is 2. The molecular formula is C46H48Cl2N4O10. The minimum atomic E-state index is -1.11. The summed E-state index contributed by atoms with van der Waals surface area (Å²) in [4.78, 5) is 26.2. The maximum atomic E-state index is 11.0.